The number of esters is 1. The van der Waals surface area contributed by atoms with Gasteiger partial charge in [0.2, 0.25) is 0 Å². The van der Waals surface area contributed by atoms with E-state index in [-0.39, 0.29) is 12.1 Å². The molecule has 0 aromatic heterocycles. The molecule has 0 aromatic rings. The number of amides is 2. The molecule has 1 aliphatic carbocycles. The normalized spacial score (nSPS) is 18.6. The molecular formula is C11H20N2O3. The maximum absolute atomic E-state index is 11.5. The van der Waals surface area contributed by atoms with E-state index in [2.05, 4.69) is 15.4 Å². The predicted molar refractivity (Wildman–Crippen MR) is 60.0 cm³/mol. The van der Waals surface area contributed by atoms with Gasteiger partial charge in [-0.3, -0.25) is 0 Å². The lowest BCUT2D eigenvalue weighted by atomic mass is 9.96. The maximum Gasteiger partial charge on any atom is 0.328 e. The molecule has 0 saturated heterocycles. The van der Waals surface area contributed by atoms with Gasteiger partial charge in [0, 0.05) is 6.04 Å². The van der Waals surface area contributed by atoms with Crippen molar-refractivity contribution in [2.75, 3.05) is 7.11 Å². The van der Waals surface area contributed by atoms with Crippen LogP contribution in [0.2, 0.25) is 0 Å². The van der Waals surface area contributed by atoms with Crippen LogP contribution in [-0.4, -0.2) is 31.2 Å². The minimum Gasteiger partial charge on any atom is -0.467 e. The van der Waals surface area contributed by atoms with Crippen molar-refractivity contribution < 1.29 is 14.3 Å². The summed E-state index contributed by atoms with van der Waals surface area (Å²) in [6.45, 7) is 1.60. The highest BCUT2D eigenvalue weighted by Gasteiger charge is 2.19. The summed E-state index contributed by atoms with van der Waals surface area (Å²) in [6, 6.07) is -0.642. The first-order valence-corrected chi connectivity index (χ1v) is 5.78. The summed E-state index contributed by atoms with van der Waals surface area (Å²) in [5, 5.41) is 5.42. The fraction of sp³-hybridized carbons (Fsp3) is 0.818. The van der Waals surface area contributed by atoms with Crippen molar-refractivity contribution in [2.45, 2.75) is 51.1 Å². The first-order valence-electron chi connectivity index (χ1n) is 5.78. The van der Waals surface area contributed by atoms with Crippen LogP contribution in [0, 0.1) is 0 Å². The highest BCUT2D eigenvalue weighted by molar-refractivity contribution is 5.83. The Bertz CT molecular complexity index is 250. The van der Waals surface area contributed by atoms with Gasteiger partial charge in [-0.2, -0.15) is 0 Å². The van der Waals surface area contributed by atoms with Gasteiger partial charge in [0.05, 0.1) is 7.11 Å². The van der Waals surface area contributed by atoms with Crippen LogP contribution in [0.5, 0.6) is 0 Å². The molecule has 16 heavy (non-hydrogen) atoms. The molecule has 92 valence electrons. The summed E-state index contributed by atoms with van der Waals surface area (Å²) >= 11 is 0. The van der Waals surface area contributed by atoms with Crippen LogP contribution in [0.1, 0.15) is 39.0 Å². The second-order valence-electron chi connectivity index (χ2n) is 4.20. The lowest BCUT2D eigenvalue weighted by Gasteiger charge is -2.23. The van der Waals surface area contributed by atoms with Crippen LogP contribution < -0.4 is 10.6 Å². The number of carbonyl (C=O) groups excluding carboxylic acids is 2. The summed E-state index contributed by atoms with van der Waals surface area (Å²) in [4.78, 5) is 22.6. The number of carbonyl (C=O) groups is 2. The van der Waals surface area contributed by atoms with E-state index < -0.39 is 12.0 Å². The van der Waals surface area contributed by atoms with Gasteiger partial charge in [-0.15, -0.1) is 0 Å². The Morgan fingerprint density at radius 3 is 2.44 bits per heavy atom. The summed E-state index contributed by atoms with van der Waals surface area (Å²) in [6.07, 6.45) is 5.63. The molecule has 0 unspecified atom stereocenters. The molecule has 0 aliphatic heterocycles. The van der Waals surface area contributed by atoms with Gasteiger partial charge in [0.25, 0.3) is 0 Å². The quantitative estimate of drug-likeness (QED) is 0.713. The van der Waals surface area contributed by atoms with Crippen LogP contribution in [0.25, 0.3) is 0 Å². The standard InChI is InChI=1S/C11H20N2O3/c1-8(10(14)16-2)12-11(15)13-9-6-4-3-5-7-9/h8-9H,3-7H2,1-2H3,(H2,12,13,15)/t8-/m0/s1. The largest absolute Gasteiger partial charge is 0.467 e. The fourth-order valence-electron chi connectivity index (χ4n) is 1.91. The van der Waals surface area contributed by atoms with Crippen LogP contribution in [0.4, 0.5) is 4.79 Å². The Labute approximate surface area is 95.9 Å². The average Bonchev–Trinajstić information content (AvgIpc) is 2.29. The maximum atomic E-state index is 11.5. The van der Waals surface area contributed by atoms with Crippen molar-refractivity contribution in [3.05, 3.63) is 0 Å². The van der Waals surface area contributed by atoms with E-state index in [9.17, 15) is 9.59 Å². The zero-order chi connectivity index (χ0) is 12.0. The van der Waals surface area contributed by atoms with Crippen molar-refractivity contribution in [1.82, 2.24) is 10.6 Å². The minimum absolute atomic E-state index is 0.249. The zero-order valence-electron chi connectivity index (χ0n) is 9.91. The number of hydrogen-bond acceptors (Lipinski definition) is 3. The number of urea groups is 1. The number of nitrogens with one attached hydrogen (secondary N) is 2. The lowest BCUT2D eigenvalue weighted by Crippen LogP contribution is -2.48. The van der Waals surface area contributed by atoms with Gasteiger partial charge in [0.1, 0.15) is 6.04 Å². The second-order valence-corrected chi connectivity index (χ2v) is 4.20. The van der Waals surface area contributed by atoms with Crippen LogP contribution in [-0.2, 0) is 9.53 Å². The second kappa shape index (κ2) is 6.35. The molecular weight excluding hydrogens is 208 g/mol. The van der Waals surface area contributed by atoms with Crippen molar-refractivity contribution in [3.63, 3.8) is 0 Å². The average molecular weight is 228 g/mol. The van der Waals surface area contributed by atoms with E-state index >= 15 is 0 Å². The van der Waals surface area contributed by atoms with Crippen LogP contribution in [0.15, 0.2) is 0 Å². The molecule has 1 atom stereocenters. The smallest absolute Gasteiger partial charge is 0.328 e. The Balaban J connectivity index is 2.26. The van der Waals surface area contributed by atoms with E-state index in [0.717, 1.165) is 25.7 Å². The lowest BCUT2D eigenvalue weighted by molar-refractivity contribution is -0.142. The SMILES string of the molecule is COC(=O)[C@H](C)NC(=O)NC1CCCCC1. The van der Waals surface area contributed by atoms with E-state index in [1.54, 1.807) is 6.92 Å². The molecule has 2 N–H and O–H groups in total. The molecule has 0 aromatic carbocycles. The third-order valence-corrected chi connectivity index (χ3v) is 2.84. The molecule has 0 spiro atoms. The molecule has 0 bridgehead atoms. The molecule has 0 heterocycles. The molecule has 5 heteroatoms. The topological polar surface area (TPSA) is 67.4 Å². The number of hydrogen-bond donors (Lipinski definition) is 2. The number of rotatable bonds is 3. The molecule has 1 saturated carbocycles. The zero-order valence-corrected chi connectivity index (χ0v) is 9.91. The van der Waals surface area contributed by atoms with Gasteiger partial charge in [-0.1, -0.05) is 19.3 Å². The van der Waals surface area contributed by atoms with Crippen molar-refractivity contribution >= 4 is 12.0 Å². The first-order chi connectivity index (χ1) is 7.63. The van der Waals surface area contributed by atoms with Crippen LogP contribution in [0.3, 0.4) is 0 Å². The van der Waals surface area contributed by atoms with Gasteiger partial charge in [-0.25, -0.2) is 9.59 Å². The summed E-state index contributed by atoms with van der Waals surface area (Å²) < 4.78 is 4.52. The van der Waals surface area contributed by atoms with Gasteiger partial charge in [-0.05, 0) is 19.8 Å². The van der Waals surface area contributed by atoms with Crippen molar-refractivity contribution in [2.24, 2.45) is 0 Å². The predicted octanol–water partition coefficient (Wildman–Crippen LogP) is 1.18. The molecule has 1 aliphatic rings. The fourth-order valence-corrected chi connectivity index (χ4v) is 1.91. The molecule has 1 rings (SSSR count). The third kappa shape index (κ3) is 4.08. The Morgan fingerprint density at radius 2 is 1.88 bits per heavy atom. The summed E-state index contributed by atoms with van der Waals surface area (Å²) in [5.74, 6) is -0.432. The van der Waals surface area contributed by atoms with E-state index in [1.807, 2.05) is 0 Å². The van der Waals surface area contributed by atoms with E-state index in [1.165, 1.54) is 13.5 Å². The van der Waals surface area contributed by atoms with E-state index in [4.69, 9.17) is 0 Å². The molecule has 5 nitrogen and oxygen atoms in total. The molecule has 2 amide bonds. The van der Waals surface area contributed by atoms with Gasteiger partial charge in [0.15, 0.2) is 0 Å². The highest BCUT2D eigenvalue weighted by Crippen LogP contribution is 2.17. The van der Waals surface area contributed by atoms with Crippen molar-refractivity contribution in [1.29, 1.82) is 0 Å². The number of ether oxygens (including phenoxy) is 1. The minimum atomic E-state index is -0.603. The highest BCUT2D eigenvalue weighted by atomic mass is 16.5. The molecule has 1 fully saturated rings. The number of methoxy groups -OCH3 is 1. The van der Waals surface area contributed by atoms with Gasteiger partial charge >= 0.3 is 12.0 Å². The monoisotopic (exact) mass is 228 g/mol. The third-order valence-electron chi connectivity index (χ3n) is 2.84. The van der Waals surface area contributed by atoms with E-state index in [0.29, 0.717) is 0 Å². The van der Waals surface area contributed by atoms with Crippen molar-refractivity contribution in [3.8, 4) is 0 Å². The summed E-state index contributed by atoms with van der Waals surface area (Å²) in [7, 11) is 1.31. The Hall–Kier alpha value is -1.26. The Morgan fingerprint density at radius 1 is 1.25 bits per heavy atom. The molecule has 0 radical (unpaired) electrons. The first kappa shape index (κ1) is 12.8. The Kier molecular flexibility index (Phi) is 5.08. The van der Waals surface area contributed by atoms with Gasteiger partial charge < -0.3 is 15.4 Å². The summed E-state index contributed by atoms with van der Waals surface area (Å²) in [5.41, 5.74) is 0. The van der Waals surface area contributed by atoms with Crippen LogP contribution >= 0.6 is 0 Å².